The van der Waals surface area contributed by atoms with Gasteiger partial charge in [0.15, 0.2) is 11.6 Å². The van der Waals surface area contributed by atoms with Crippen molar-refractivity contribution >= 4 is 6.21 Å². The first-order valence-corrected chi connectivity index (χ1v) is 4.24. The molecule has 2 rings (SSSR count). The van der Waals surface area contributed by atoms with Crippen LogP contribution in [-0.4, -0.2) is 33.0 Å². The summed E-state index contributed by atoms with van der Waals surface area (Å²) < 4.78 is 14.0. The molecule has 0 saturated carbocycles. The van der Waals surface area contributed by atoms with E-state index in [0.29, 0.717) is 11.5 Å². The Morgan fingerprint density at radius 2 is 2.20 bits per heavy atom. The number of hydrogen-bond acceptors (Lipinski definition) is 4. The second kappa shape index (κ2) is 3.95. The van der Waals surface area contributed by atoms with Crippen LogP contribution in [0.5, 0.6) is 0 Å². The molecule has 2 heterocycles. The molecule has 76 valence electrons. The van der Waals surface area contributed by atoms with Crippen LogP contribution < -0.4 is 0 Å². The Morgan fingerprint density at radius 3 is 2.73 bits per heavy atom. The third-order valence-electron chi connectivity index (χ3n) is 1.71. The van der Waals surface area contributed by atoms with Crippen molar-refractivity contribution in [3.05, 3.63) is 36.3 Å². The summed E-state index contributed by atoms with van der Waals surface area (Å²) >= 11 is 0. The average Bonchev–Trinajstić information content (AvgIpc) is 2.67. The van der Waals surface area contributed by atoms with Crippen molar-refractivity contribution in [1.29, 1.82) is 0 Å². The second-order valence-corrected chi connectivity index (χ2v) is 2.79. The molecule has 2 aromatic heterocycles. The molecule has 5 nitrogen and oxygen atoms in total. The Hall–Kier alpha value is -2.11. The molecule has 0 fully saturated rings. The summed E-state index contributed by atoms with van der Waals surface area (Å²) in [5, 5.41) is 3.77. The molecule has 0 unspecified atom stereocenters. The van der Waals surface area contributed by atoms with Gasteiger partial charge >= 0.3 is 0 Å². The van der Waals surface area contributed by atoms with Crippen LogP contribution in [-0.2, 0) is 0 Å². The van der Waals surface area contributed by atoms with Crippen LogP contribution in [0.25, 0.3) is 5.82 Å². The van der Waals surface area contributed by atoms with Crippen molar-refractivity contribution in [3.63, 3.8) is 0 Å². The summed E-state index contributed by atoms with van der Waals surface area (Å²) in [6.45, 7) is 0. The summed E-state index contributed by atoms with van der Waals surface area (Å²) in [6.07, 6.45) is 6.98. The fourth-order valence-electron chi connectivity index (χ4n) is 1.07. The molecule has 0 radical (unpaired) electrons. The summed E-state index contributed by atoms with van der Waals surface area (Å²) in [5.41, 5.74) is 0.647. The lowest BCUT2D eigenvalue weighted by atomic mass is 10.5. The summed E-state index contributed by atoms with van der Waals surface area (Å²) in [6, 6.07) is 0. The molecule has 6 heteroatoms. The van der Waals surface area contributed by atoms with Crippen molar-refractivity contribution in [1.82, 2.24) is 19.7 Å². The predicted octanol–water partition coefficient (Wildman–Crippen LogP) is 0.850. The van der Waals surface area contributed by atoms with Gasteiger partial charge in [-0.25, -0.2) is 19.0 Å². The Labute approximate surface area is 85.3 Å². The van der Waals surface area contributed by atoms with Gasteiger partial charge in [-0.3, -0.25) is 4.99 Å². The van der Waals surface area contributed by atoms with E-state index in [9.17, 15) is 4.39 Å². The minimum Gasteiger partial charge on any atom is -0.294 e. The Balaban J connectivity index is 2.31. The molecule has 0 bridgehead atoms. The molecule has 0 aliphatic carbocycles. The lowest BCUT2D eigenvalue weighted by Crippen LogP contribution is -2.00. The zero-order valence-electron chi connectivity index (χ0n) is 8.00. The monoisotopic (exact) mass is 205 g/mol. The number of halogens is 1. The predicted molar refractivity (Wildman–Crippen MR) is 52.6 cm³/mol. The van der Waals surface area contributed by atoms with Crippen molar-refractivity contribution in [2.45, 2.75) is 0 Å². The summed E-state index contributed by atoms with van der Waals surface area (Å²) in [4.78, 5) is 11.9. The molecule has 0 spiro atoms. The van der Waals surface area contributed by atoms with Crippen molar-refractivity contribution in [2.75, 3.05) is 7.05 Å². The molecule has 0 saturated heterocycles. The van der Waals surface area contributed by atoms with Crippen LogP contribution in [0.2, 0.25) is 0 Å². The van der Waals surface area contributed by atoms with Gasteiger partial charge in [0, 0.05) is 13.3 Å². The van der Waals surface area contributed by atoms with Gasteiger partial charge in [0.25, 0.3) is 0 Å². The zero-order chi connectivity index (χ0) is 10.7. The van der Waals surface area contributed by atoms with Gasteiger partial charge in [0.1, 0.15) is 0 Å². The fraction of sp³-hybridized carbons (Fsp3) is 0.111. The SMILES string of the molecule is C/N=C/c1cnc(-n2cc(F)cn2)cn1. The van der Waals surface area contributed by atoms with Crippen molar-refractivity contribution < 1.29 is 4.39 Å². The molecule has 15 heavy (non-hydrogen) atoms. The topological polar surface area (TPSA) is 56.0 Å². The Morgan fingerprint density at radius 1 is 1.33 bits per heavy atom. The standard InChI is InChI=1S/C9H8FN5/c1-11-3-8-4-13-9(5-12-8)15-6-7(10)2-14-15/h2-6H,1H3/b11-3+. The molecular weight excluding hydrogens is 197 g/mol. The van der Waals surface area contributed by atoms with Crippen LogP contribution in [0.3, 0.4) is 0 Å². The lowest BCUT2D eigenvalue weighted by molar-refractivity contribution is 0.627. The highest BCUT2D eigenvalue weighted by Gasteiger charge is 2.01. The van der Waals surface area contributed by atoms with E-state index in [0.717, 1.165) is 6.20 Å². The van der Waals surface area contributed by atoms with E-state index in [2.05, 4.69) is 20.1 Å². The van der Waals surface area contributed by atoms with Gasteiger partial charge in [-0.2, -0.15) is 5.10 Å². The summed E-state index contributed by atoms with van der Waals surface area (Å²) in [7, 11) is 1.65. The number of aromatic nitrogens is 4. The molecular formula is C9H8FN5. The minimum absolute atomic E-state index is 0.406. The highest BCUT2D eigenvalue weighted by molar-refractivity contribution is 5.76. The fourth-order valence-corrected chi connectivity index (χ4v) is 1.07. The van der Waals surface area contributed by atoms with Crippen LogP contribution in [0.1, 0.15) is 5.69 Å². The molecule has 0 aliphatic heterocycles. The normalized spacial score (nSPS) is 11.1. The first kappa shape index (κ1) is 9.45. The number of nitrogens with zero attached hydrogens (tertiary/aromatic N) is 5. The van der Waals surface area contributed by atoms with Crippen LogP contribution in [0.15, 0.2) is 29.8 Å². The van der Waals surface area contributed by atoms with Gasteiger partial charge in [0.2, 0.25) is 0 Å². The third kappa shape index (κ3) is 2.04. The molecule has 0 amide bonds. The van der Waals surface area contributed by atoms with E-state index in [1.54, 1.807) is 19.5 Å². The van der Waals surface area contributed by atoms with E-state index in [4.69, 9.17) is 0 Å². The van der Waals surface area contributed by atoms with E-state index in [1.165, 1.54) is 17.1 Å². The highest BCUT2D eigenvalue weighted by Crippen LogP contribution is 2.02. The second-order valence-electron chi connectivity index (χ2n) is 2.79. The first-order valence-electron chi connectivity index (χ1n) is 4.24. The van der Waals surface area contributed by atoms with Gasteiger partial charge in [0.05, 0.1) is 30.5 Å². The number of hydrogen-bond donors (Lipinski definition) is 0. The van der Waals surface area contributed by atoms with Gasteiger partial charge in [-0.05, 0) is 0 Å². The van der Waals surface area contributed by atoms with Crippen molar-refractivity contribution in [3.8, 4) is 5.82 Å². The number of rotatable bonds is 2. The van der Waals surface area contributed by atoms with E-state index < -0.39 is 5.82 Å². The van der Waals surface area contributed by atoms with Gasteiger partial charge in [-0.15, -0.1) is 0 Å². The maximum atomic E-state index is 12.7. The van der Waals surface area contributed by atoms with Gasteiger partial charge in [-0.1, -0.05) is 0 Å². The first-order chi connectivity index (χ1) is 7.29. The van der Waals surface area contributed by atoms with Crippen molar-refractivity contribution in [2.24, 2.45) is 4.99 Å². The third-order valence-corrected chi connectivity index (χ3v) is 1.71. The zero-order valence-corrected chi connectivity index (χ0v) is 8.00. The molecule has 2 aromatic rings. The molecule has 0 N–H and O–H groups in total. The highest BCUT2D eigenvalue weighted by atomic mass is 19.1. The molecule has 0 aliphatic rings. The Kier molecular flexibility index (Phi) is 2.49. The summed E-state index contributed by atoms with van der Waals surface area (Å²) in [5.74, 6) is 0.0585. The van der Waals surface area contributed by atoms with E-state index in [-0.39, 0.29) is 0 Å². The van der Waals surface area contributed by atoms with Crippen LogP contribution >= 0.6 is 0 Å². The minimum atomic E-state index is -0.406. The maximum absolute atomic E-state index is 12.7. The number of aliphatic imine (C=N–C) groups is 1. The lowest BCUT2D eigenvalue weighted by Gasteiger charge is -1.98. The van der Waals surface area contributed by atoms with E-state index >= 15 is 0 Å². The van der Waals surface area contributed by atoms with E-state index in [1.807, 2.05) is 0 Å². The largest absolute Gasteiger partial charge is 0.294 e. The van der Waals surface area contributed by atoms with Gasteiger partial charge < -0.3 is 0 Å². The van der Waals surface area contributed by atoms with Crippen LogP contribution in [0.4, 0.5) is 4.39 Å². The van der Waals surface area contributed by atoms with Crippen LogP contribution in [0, 0.1) is 5.82 Å². The molecule has 0 aromatic carbocycles. The smallest absolute Gasteiger partial charge is 0.171 e. The quantitative estimate of drug-likeness (QED) is 0.683. The average molecular weight is 205 g/mol. The Bertz CT molecular complexity index is 474. The molecule has 0 atom stereocenters. The maximum Gasteiger partial charge on any atom is 0.171 e.